The van der Waals surface area contributed by atoms with Gasteiger partial charge in [0.15, 0.2) is 0 Å². The predicted octanol–water partition coefficient (Wildman–Crippen LogP) is 15.6. The number of nitrogens with zero attached hydrogens (tertiary/aromatic N) is 1. The van der Waals surface area contributed by atoms with Crippen molar-refractivity contribution in [3.05, 3.63) is 200 Å². The number of furan rings is 1. The predicted molar refractivity (Wildman–Crippen MR) is 235 cm³/mol. The second-order valence-electron chi connectivity index (χ2n) is 14.1. The first kappa shape index (κ1) is 31.6. The number of hydrogen-bond donors (Lipinski definition) is 0. The van der Waals surface area contributed by atoms with Gasteiger partial charge < -0.3 is 9.32 Å². The minimum Gasteiger partial charge on any atom is -0.455 e. The second-order valence-corrected chi connectivity index (χ2v) is 15.1. The zero-order valence-electron chi connectivity index (χ0n) is 29.8. The first-order valence-corrected chi connectivity index (χ1v) is 19.5. The molecule has 11 rings (SSSR count). The molecule has 0 bridgehead atoms. The normalized spacial score (nSPS) is 11.6. The molecule has 3 heteroatoms. The van der Waals surface area contributed by atoms with Gasteiger partial charge in [-0.25, -0.2) is 0 Å². The van der Waals surface area contributed by atoms with E-state index in [0.29, 0.717) is 0 Å². The molecule has 0 atom stereocenters. The number of thiophene rings is 1. The van der Waals surface area contributed by atoms with Gasteiger partial charge in [-0.15, -0.1) is 11.3 Å². The molecule has 258 valence electrons. The molecule has 0 aliphatic rings. The van der Waals surface area contributed by atoms with Crippen LogP contribution in [0, 0.1) is 0 Å². The summed E-state index contributed by atoms with van der Waals surface area (Å²) in [5, 5.41) is 7.53. The summed E-state index contributed by atoms with van der Waals surface area (Å²) < 4.78 is 9.05. The fourth-order valence-electron chi connectivity index (χ4n) is 8.26. The highest BCUT2D eigenvalue weighted by Crippen LogP contribution is 2.44. The first-order chi connectivity index (χ1) is 27.3. The quantitative estimate of drug-likeness (QED) is 0.170. The topological polar surface area (TPSA) is 16.4 Å². The first-order valence-electron chi connectivity index (χ1n) is 18.7. The Labute approximate surface area is 322 Å². The van der Waals surface area contributed by atoms with E-state index in [4.69, 9.17) is 4.42 Å². The van der Waals surface area contributed by atoms with E-state index in [2.05, 4.69) is 193 Å². The maximum atomic E-state index is 6.41. The molecule has 0 aliphatic carbocycles. The molecule has 0 fully saturated rings. The Morgan fingerprint density at radius 3 is 1.58 bits per heavy atom. The van der Waals surface area contributed by atoms with Crippen molar-refractivity contribution < 1.29 is 4.42 Å². The van der Waals surface area contributed by atoms with E-state index in [-0.39, 0.29) is 0 Å². The van der Waals surface area contributed by atoms with Gasteiger partial charge in [-0.05, 0) is 93.2 Å². The van der Waals surface area contributed by atoms with Gasteiger partial charge in [0.05, 0.1) is 0 Å². The van der Waals surface area contributed by atoms with Crippen LogP contribution in [-0.2, 0) is 0 Å². The van der Waals surface area contributed by atoms with Crippen LogP contribution in [0.2, 0.25) is 0 Å². The number of rotatable bonds is 6. The lowest BCUT2D eigenvalue weighted by atomic mass is 9.95. The molecule has 55 heavy (non-hydrogen) atoms. The maximum Gasteiger partial charge on any atom is 0.143 e. The summed E-state index contributed by atoms with van der Waals surface area (Å²) in [5.74, 6) is 0. The third kappa shape index (κ3) is 5.32. The lowest BCUT2D eigenvalue weighted by Crippen LogP contribution is -2.09. The van der Waals surface area contributed by atoms with Gasteiger partial charge in [-0.3, -0.25) is 0 Å². The molecule has 2 aromatic heterocycles. The summed E-state index contributed by atoms with van der Waals surface area (Å²) in [6.45, 7) is 0. The number of hydrogen-bond acceptors (Lipinski definition) is 3. The average molecular weight is 720 g/mol. The van der Waals surface area contributed by atoms with Crippen LogP contribution in [0.15, 0.2) is 205 Å². The molecule has 9 aromatic carbocycles. The lowest BCUT2D eigenvalue weighted by Gasteiger charge is -2.26. The number of benzene rings is 9. The Kier molecular flexibility index (Phi) is 7.39. The molecule has 0 radical (unpaired) electrons. The Hall–Kier alpha value is -6.94. The van der Waals surface area contributed by atoms with Crippen molar-refractivity contribution in [1.82, 2.24) is 0 Å². The summed E-state index contributed by atoms with van der Waals surface area (Å²) in [6, 6.07) is 72.1. The minimum absolute atomic E-state index is 0.909. The van der Waals surface area contributed by atoms with E-state index in [9.17, 15) is 0 Å². The van der Waals surface area contributed by atoms with Gasteiger partial charge in [0, 0.05) is 53.6 Å². The summed E-state index contributed by atoms with van der Waals surface area (Å²) in [5.41, 5.74) is 12.2. The van der Waals surface area contributed by atoms with Crippen molar-refractivity contribution in [2.24, 2.45) is 0 Å². The van der Waals surface area contributed by atoms with E-state index in [1.165, 1.54) is 53.2 Å². The van der Waals surface area contributed by atoms with Crippen LogP contribution < -0.4 is 4.90 Å². The second kappa shape index (κ2) is 12.9. The zero-order chi connectivity index (χ0) is 36.3. The monoisotopic (exact) mass is 719 g/mol. The van der Waals surface area contributed by atoms with Crippen LogP contribution in [0.25, 0.3) is 86.3 Å². The molecule has 0 spiro atoms. The molecular weight excluding hydrogens is 687 g/mol. The summed E-state index contributed by atoms with van der Waals surface area (Å²) in [7, 11) is 0. The molecule has 0 amide bonds. The van der Waals surface area contributed by atoms with E-state index in [1.807, 2.05) is 23.5 Å². The smallest absolute Gasteiger partial charge is 0.143 e. The highest BCUT2D eigenvalue weighted by atomic mass is 32.1. The van der Waals surface area contributed by atoms with E-state index < -0.39 is 0 Å². The fraction of sp³-hybridized carbons (Fsp3) is 0. The molecule has 0 unspecified atom stereocenters. The molecule has 0 aliphatic heterocycles. The van der Waals surface area contributed by atoms with Crippen molar-refractivity contribution in [3.63, 3.8) is 0 Å². The number of fused-ring (bicyclic) bond motifs is 8. The fourth-order valence-corrected chi connectivity index (χ4v) is 9.43. The van der Waals surface area contributed by atoms with Crippen molar-refractivity contribution in [1.29, 1.82) is 0 Å². The molecule has 0 saturated heterocycles. The van der Waals surface area contributed by atoms with E-state index >= 15 is 0 Å². The highest BCUT2D eigenvalue weighted by molar-refractivity contribution is 7.26. The van der Waals surface area contributed by atoms with E-state index in [0.717, 1.165) is 50.1 Å². The average Bonchev–Trinajstić information content (AvgIpc) is 3.83. The number of para-hydroxylation sites is 2. The Bertz CT molecular complexity index is 3170. The third-order valence-corrected chi connectivity index (χ3v) is 12.0. The largest absolute Gasteiger partial charge is 0.455 e. The Morgan fingerprint density at radius 2 is 0.873 bits per heavy atom. The van der Waals surface area contributed by atoms with Crippen LogP contribution >= 0.6 is 11.3 Å². The highest BCUT2D eigenvalue weighted by Gasteiger charge is 2.17. The molecule has 0 N–H and O–H groups in total. The van der Waals surface area contributed by atoms with Crippen molar-refractivity contribution in [3.8, 4) is 33.4 Å². The van der Waals surface area contributed by atoms with Gasteiger partial charge in [0.1, 0.15) is 11.2 Å². The molecular formula is C52H33NOS. The van der Waals surface area contributed by atoms with Crippen molar-refractivity contribution in [2.75, 3.05) is 4.90 Å². The van der Waals surface area contributed by atoms with Crippen molar-refractivity contribution >= 4 is 81.3 Å². The van der Waals surface area contributed by atoms with Crippen LogP contribution in [-0.4, -0.2) is 0 Å². The maximum absolute atomic E-state index is 6.41. The van der Waals surface area contributed by atoms with E-state index in [1.54, 1.807) is 0 Å². The van der Waals surface area contributed by atoms with Gasteiger partial charge in [0.25, 0.3) is 0 Å². The zero-order valence-corrected chi connectivity index (χ0v) is 30.6. The minimum atomic E-state index is 0.909. The summed E-state index contributed by atoms with van der Waals surface area (Å²) in [4.78, 5) is 2.34. The molecule has 0 saturated carbocycles. The van der Waals surface area contributed by atoms with Crippen LogP contribution in [0.4, 0.5) is 17.1 Å². The molecule has 2 nitrogen and oxygen atoms in total. The lowest BCUT2D eigenvalue weighted by molar-refractivity contribution is 0.670. The Morgan fingerprint density at radius 1 is 0.345 bits per heavy atom. The van der Waals surface area contributed by atoms with Gasteiger partial charge in [-0.1, -0.05) is 146 Å². The van der Waals surface area contributed by atoms with Gasteiger partial charge in [-0.2, -0.15) is 0 Å². The summed E-state index contributed by atoms with van der Waals surface area (Å²) in [6.07, 6.45) is 0. The van der Waals surface area contributed by atoms with Crippen LogP contribution in [0.5, 0.6) is 0 Å². The van der Waals surface area contributed by atoms with Gasteiger partial charge >= 0.3 is 0 Å². The van der Waals surface area contributed by atoms with Crippen molar-refractivity contribution in [2.45, 2.75) is 0 Å². The Balaban J connectivity index is 1.01. The number of anilines is 3. The van der Waals surface area contributed by atoms with Gasteiger partial charge in [0.2, 0.25) is 0 Å². The summed E-state index contributed by atoms with van der Waals surface area (Å²) >= 11 is 1.87. The van der Waals surface area contributed by atoms with Crippen LogP contribution in [0.1, 0.15) is 0 Å². The standard InChI is InChI=1S/C52H33NOS/c1-2-11-34(12-3-1)35-21-27-38(28-22-35)53(39-29-23-36(24-30-39)41-17-10-18-45-43-14-6-8-19-48(43)54-52(41)45)40-31-25-37(26-32-40)47-33-50-51(44-15-5-4-13-42(44)47)46-16-7-9-20-49(46)55-50/h1-33H. The third-order valence-electron chi connectivity index (χ3n) is 10.9. The van der Waals surface area contributed by atoms with Crippen LogP contribution in [0.3, 0.4) is 0 Å². The SMILES string of the molecule is c1ccc(-c2ccc(N(c3ccc(-c4cc5sc6ccccc6c5c5ccccc45)cc3)c3ccc(-c4cccc5c4oc4ccccc45)cc3)cc2)cc1. The molecule has 11 aromatic rings. The molecule has 2 heterocycles.